The Labute approximate surface area is 459 Å². The van der Waals surface area contributed by atoms with Crippen molar-refractivity contribution in [3.63, 3.8) is 0 Å². The first kappa shape index (κ1) is 61.0. The molecule has 29 unspecified atom stereocenters. The van der Waals surface area contributed by atoms with Gasteiger partial charge in [-0.2, -0.15) is 0 Å². The van der Waals surface area contributed by atoms with Gasteiger partial charge in [0.2, 0.25) is 6.29 Å². The van der Waals surface area contributed by atoms with Crippen LogP contribution in [0, 0.1) is 56.7 Å². The van der Waals surface area contributed by atoms with E-state index in [1.54, 1.807) is 6.92 Å². The van der Waals surface area contributed by atoms with Crippen molar-refractivity contribution in [1.29, 1.82) is 0 Å². The molecule has 0 aromatic heterocycles. The number of fused-ring (bicyclic) bond motifs is 7. The Morgan fingerprint density at radius 3 is 1.99 bits per heavy atom. The van der Waals surface area contributed by atoms with Gasteiger partial charge in [0.1, 0.15) is 79.4 Å². The van der Waals surface area contributed by atoms with E-state index in [4.69, 9.17) is 42.6 Å². The van der Waals surface area contributed by atoms with E-state index in [-0.39, 0.29) is 65.5 Å². The summed E-state index contributed by atoms with van der Waals surface area (Å²) in [5.41, 5.74) is -1.42. The fourth-order valence-corrected chi connectivity index (χ4v) is 16.6. The van der Waals surface area contributed by atoms with Crippen LogP contribution >= 0.6 is 0 Å². The molecule has 4 aliphatic heterocycles. The number of rotatable bonds is 12. The number of carbonyl (C=O) groups is 3. The molecule has 0 aromatic carbocycles. The summed E-state index contributed by atoms with van der Waals surface area (Å²) in [6.45, 7) is 14.0. The number of aliphatic hydroxyl groups is 11. The van der Waals surface area contributed by atoms with Crippen LogP contribution in [0.5, 0.6) is 0 Å². The highest BCUT2D eigenvalue weighted by atomic mass is 16.8. The summed E-state index contributed by atoms with van der Waals surface area (Å²) in [6, 6.07) is 0. The molecule has 4 saturated heterocycles. The molecule has 4 heterocycles. The van der Waals surface area contributed by atoms with Crippen molar-refractivity contribution in [2.45, 2.75) is 236 Å². The van der Waals surface area contributed by atoms with Crippen LogP contribution in [-0.4, -0.2) is 222 Å². The van der Waals surface area contributed by atoms with Crippen molar-refractivity contribution in [2.24, 2.45) is 56.7 Å². The molecule has 0 aromatic rings. The minimum absolute atomic E-state index is 0.0821. The highest BCUT2D eigenvalue weighted by molar-refractivity contribution is 5.78. The van der Waals surface area contributed by atoms with Gasteiger partial charge >= 0.3 is 17.9 Å². The van der Waals surface area contributed by atoms with Gasteiger partial charge < -0.3 is 104 Å². The maximum absolute atomic E-state index is 14.7. The van der Waals surface area contributed by atoms with Crippen molar-refractivity contribution >= 4 is 17.9 Å². The number of aliphatic carboxylic acids is 1. The summed E-state index contributed by atoms with van der Waals surface area (Å²) in [5, 5.41) is 129. The SMILES string of the molecule is CC(=O)OC1C(OC2CCC3(C)C(CCC4(C)C3CC=C3C5CC(C)(C(=O)O)CC(C(=O)OC6OC(COC7OC(CO)C(OC8OC(C)C(O)C(O)C8O)C(O)C7O)C(O)C(O)C6O)C5CCC34C)C2(C)C)OCC(O)C1O. The first-order chi connectivity index (χ1) is 36.9. The highest BCUT2D eigenvalue weighted by Gasteiger charge is 2.69. The van der Waals surface area contributed by atoms with E-state index < -0.39 is 165 Å². The maximum atomic E-state index is 14.7. The Balaban J connectivity index is 0.883. The van der Waals surface area contributed by atoms with Crippen molar-refractivity contribution in [3.05, 3.63) is 11.6 Å². The Morgan fingerprint density at radius 1 is 0.658 bits per heavy atom. The lowest BCUT2D eigenvalue weighted by Gasteiger charge is -2.71. The van der Waals surface area contributed by atoms with Gasteiger partial charge in [0.05, 0.1) is 43.4 Å². The van der Waals surface area contributed by atoms with E-state index >= 15 is 0 Å². The number of ether oxygens (including phenoxy) is 9. The largest absolute Gasteiger partial charge is 0.481 e. The molecule has 12 N–H and O–H groups in total. The van der Waals surface area contributed by atoms with Crippen LogP contribution in [0.3, 0.4) is 0 Å². The average Bonchev–Trinajstić information content (AvgIpc) is 2.98. The van der Waals surface area contributed by atoms with Gasteiger partial charge in [0.15, 0.2) is 25.0 Å². The lowest BCUT2D eigenvalue weighted by atomic mass is 9.34. The summed E-state index contributed by atoms with van der Waals surface area (Å²) in [5.74, 6) is -3.83. The third-order valence-electron chi connectivity index (χ3n) is 21.3. The minimum Gasteiger partial charge on any atom is -0.481 e. The standard InChI is InChI=1S/C55H86O24/c1-22-34(59)37(62)40(65)47(73-22)78-43-29(19-56)75-46(42(67)39(43)64)72-21-30-36(61)38(63)41(66)48(76-30)79-45(68)26-18-52(5,50(69)70)17-25-24(26)11-15-54(7)27(25)9-10-32-53(6)14-13-33(51(3,4)31(53)12-16-55(32,54)8)77-49-44(74-23(2)57)35(60)28(58)20-71-49/h9,22,24-26,28-44,46-49,56,58-67H,10-21H2,1-8H3,(H,69,70). The molecule has 9 aliphatic rings. The first-order valence-corrected chi connectivity index (χ1v) is 28.2. The normalized spacial score (nSPS) is 52.5. The van der Waals surface area contributed by atoms with Crippen LogP contribution < -0.4 is 0 Å². The summed E-state index contributed by atoms with van der Waals surface area (Å²) in [7, 11) is 0. The number of carboxylic acids is 1. The molecular formula is C55H86O24. The highest BCUT2D eigenvalue weighted by Crippen LogP contribution is 2.75. The predicted molar refractivity (Wildman–Crippen MR) is 267 cm³/mol. The van der Waals surface area contributed by atoms with Crippen LogP contribution in [0.15, 0.2) is 11.6 Å². The van der Waals surface area contributed by atoms with Crippen molar-refractivity contribution in [1.82, 2.24) is 0 Å². The second-order valence-electron chi connectivity index (χ2n) is 26.1. The minimum atomic E-state index is -1.97. The zero-order valence-electron chi connectivity index (χ0n) is 46.3. The van der Waals surface area contributed by atoms with Crippen LogP contribution in [0.1, 0.15) is 113 Å². The smallest absolute Gasteiger partial charge is 0.311 e. The number of esters is 2. The zero-order chi connectivity index (χ0) is 57.8. The van der Waals surface area contributed by atoms with Crippen LogP contribution in [0.2, 0.25) is 0 Å². The van der Waals surface area contributed by atoms with Crippen LogP contribution in [0.25, 0.3) is 0 Å². The molecular weight excluding hydrogens is 1040 g/mol. The van der Waals surface area contributed by atoms with E-state index in [2.05, 4.69) is 40.7 Å². The van der Waals surface area contributed by atoms with E-state index in [0.717, 1.165) is 31.3 Å². The van der Waals surface area contributed by atoms with Crippen LogP contribution in [-0.2, 0) is 57.0 Å². The average molecular weight is 1130 g/mol. The van der Waals surface area contributed by atoms with Gasteiger partial charge in [-0.25, -0.2) is 0 Å². The van der Waals surface area contributed by atoms with Crippen molar-refractivity contribution in [2.75, 3.05) is 19.8 Å². The first-order valence-electron chi connectivity index (χ1n) is 28.2. The molecule has 24 nitrogen and oxygen atoms in total. The molecule has 9 rings (SSSR count). The number of allylic oxidation sites excluding steroid dienone is 2. The van der Waals surface area contributed by atoms with Crippen LogP contribution in [0.4, 0.5) is 0 Å². The van der Waals surface area contributed by atoms with Gasteiger partial charge in [-0.15, -0.1) is 0 Å². The molecule has 0 radical (unpaired) electrons. The van der Waals surface area contributed by atoms with E-state index in [9.17, 15) is 75.7 Å². The van der Waals surface area contributed by atoms with Gasteiger partial charge in [-0.3, -0.25) is 14.4 Å². The number of carbonyl (C=O) groups excluding carboxylic acids is 2. The second-order valence-corrected chi connectivity index (χ2v) is 26.1. The van der Waals surface area contributed by atoms with E-state index in [1.165, 1.54) is 13.8 Å². The predicted octanol–water partition coefficient (Wildman–Crippen LogP) is -0.877. The summed E-state index contributed by atoms with van der Waals surface area (Å²) in [6.07, 6.45) is -22.8. The molecule has 79 heavy (non-hydrogen) atoms. The van der Waals surface area contributed by atoms with Gasteiger partial charge in [-0.05, 0) is 117 Å². The van der Waals surface area contributed by atoms with Gasteiger partial charge in [-0.1, -0.05) is 46.3 Å². The molecule has 24 heteroatoms. The number of hydrogen-bond donors (Lipinski definition) is 12. The Kier molecular flexibility index (Phi) is 17.3. The Bertz CT molecular complexity index is 2250. The molecule has 0 amide bonds. The third-order valence-corrected chi connectivity index (χ3v) is 21.3. The topological polar surface area (TPSA) is 377 Å². The van der Waals surface area contributed by atoms with E-state index in [1.807, 2.05) is 0 Å². The Hall–Kier alpha value is -2.57. The molecule has 5 aliphatic carbocycles. The quantitative estimate of drug-likeness (QED) is 0.0641. The van der Waals surface area contributed by atoms with E-state index in [0.29, 0.717) is 19.3 Å². The molecule has 450 valence electrons. The lowest BCUT2D eigenvalue weighted by molar-refractivity contribution is -0.361. The number of aliphatic hydroxyl groups excluding tert-OH is 11. The zero-order valence-corrected chi connectivity index (χ0v) is 46.3. The Morgan fingerprint density at radius 2 is 1.32 bits per heavy atom. The van der Waals surface area contributed by atoms with Crippen molar-refractivity contribution < 1.29 is 118 Å². The second kappa shape index (κ2) is 22.5. The monoisotopic (exact) mass is 1130 g/mol. The van der Waals surface area contributed by atoms with Crippen molar-refractivity contribution in [3.8, 4) is 0 Å². The summed E-state index contributed by atoms with van der Waals surface area (Å²) in [4.78, 5) is 40.0. The number of carboxylic acid groups (broad SMARTS) is 1. The van der Waals surface area contributed by atoms with Gasteiger partial charge in [0, 0.05) is 6.92 Å². The molecule has 0 bridgehead atoms. The molecule has 0 spiro atoms. The third kappa shape index (κ3) is 10.4. The summed E-state index contributed by atoms with van der Waals surface area (Å²) >= 11 is 0. The fourth-order valence-electron chi connectivity index (χ4n) is 16.6. The molecule has 4 saturated carbocycles. The molecule has 8 fully saturated rings. The maximum Gasteiger partial charge on any atom is 0.311 e. The number of hydrogen-bond acceptors (Lipinski definition) is 23. The lowest BCUT2D eigenvalue weighted by Crippen LogP contribution is -2.65. The van der Waals surface area contributed by atoms with Gasteiger partial charge in [0.25, 0.3) is 0 Å². The summed E-state index contributed by atoms with van der Waals surface area (Å²) < 4.78 is 52.2. The molecule has 29 atom stereocenters. The fraction of sp³-hybridized carbons (Fsp3) is 0.909.